The number of nitrogens with one attached hydrogen (secondary N) is 1. The fourth-order valence-corrected chi connectivity index (χ4v) is 4.23. The summed E-state index contributed by atoms with van der Waals surface area (Å²) in [7, 11) is 0. The molecule has 2 aromatic heterocycles. The zero-order chi connectivity index (χ0) is 27.4. The van der Waals surface area contributed by atoms with Crippen LogP contribution in [0.1, 0.15) is 60.2 Å². The van der Waals surface area contributed by atoms with Gasteiger partial charge in [-0.05, 0) is 63.8 Å². The molecule has 1 aliphatic carbocycles. The van der Waals surface area contributed by atoms with Crippen molar-refractivity contribution in [1.29, 1.82) is 0 Å². The molecule has 1 saturated carbocycles. The standard InChI is InChI=1S/C26H30F2N4O6/c1-26(2,35)14-36-18-8-10-21-20(12-30-32(21)13-18)24(34)31-15-3-5-16(6-4-15)37-22-11-17(38-25(27)28)7-9-19(22)23(29)33/h7-13,15-16,25,35H,3-6,14H2,1-2H3,(H2,29,33)(H,31,34). The third-order valence-electron chi connectivity index (χ3n) is 6.07. The van der Waals surface area contributed by atoms with Crippen LogP contribution >= 0.6 is 0 Å². The molecule has 0 bridgehead atoms. The highest BCUT2D eigenvalue weighted by Gasteiger charge is 2.26. The van der Waals surface area contributed by atoms with Gasteiger partial charge in [0.15, 0.2) is 0 Å². The minimum absolute atomic E-state index is 0.0729. The Morgan fingerprint density at radius 3 is 2.53 bits per heavy atom. The van der Waals surface area contributed by atoms with E-state index in [1.165, 1.54) is 24.4 Å². The number of alkyl halides is 2. The van der Waals surface area contributed by atoms with Crippen molar-refractivity contribution in [3.63, 3.8) is 0 Å². The number of fused-ring (bicyclic) bond motifs is 1. The van der Waals surface area contributed by atoms with Gasteiger partial charge in [0, 0.05) is 12.1 Å². The van der Waals surface area contributed by atoms with E-state index in [2.05, 4.69) is 15.2 Å². The molecule has 38 heavy (non-hydrogen) atoms. The number of hydrogen-bond acceptors (Lipinski definition) is 7. The lowest BCUT2D eigenvalue weighted by Crippen LogP contribution is -2.39. The van der Waals surface area contributed by atoms with Gasteiger partial charge in [-0.1, -0.05) is 0 Å². The Kier molecular flexibility index (Phi) is 8.00. The molecule has 2 heterocycles. The number of carbonyl (C=O) groups is 2. The summed E-state index contributed by atoms with van der Waals surface area (Å²) in [5.41, 5.74) is 5.51. The summed E-state index contributed by atoms with van der Waals surface area (Å²) in [6.07, 6.45) is 5.20. The van der Waals surface area contributed by atoms with Gasteiger partial charge < -0.3 is 30.4 Å². The number of aromatic nitrogens is 2. The molecule has 0 spiro atoms. The molecule has 10 nitrogen and oxygen atoms in total. The number of primary amides is 1. The van der Waals surface area contributed by atoms with Crippen molar-refractivity contribution in [2.45, 2.75) is 63.9 Å². The Hall–Kier alpha value is -3.93. The largest absolute Gasteiger partial charge is 0.489 e. The average Bonchev–Trinajstić information content (AvgIpc) is 3.26. The number of ether oxygens (including phenoxy) is 3. The number of nitrogens with zero attached hydrogens (tertiary/aromatic N) is 2. The van der Waals surface area contributed by atoms with E-state index < -0.39 is 18.1 Å². The van der Waals surface area contributed by atoms with E-state index in [1.54, 1.807) is 36.7 Å². The summed E-state index contributed by atoms with van der Waals surface area (Å²) in [6, 6.07) is 7.09. The maximum Gasteiger partial charge on any atom is 0.387 e. The van der Waals surface area contributed by atoms with Crippen LogP contribution < -0.4 is 25.3 Å². The molecule has 4 N–H and O–H groups in total. The van der Waals surface area contributed by atoms with Gasteiger partial charge in [0.2, 0.25) is 0 Å². The van der Waals surface area contributed by atoms with Crippen LogP contribution in [0.2, 0.25) is 0 Å². The third kappa shape index (κ3) is 6.88. The second-order valence-electron chi connectivity index (χ2n) is 9.82. The van der Waals surface area contributed by atoms with E-state index >= 15 is 0 Å². The van der Waals surface area contributed by atoms with E-state index in [0.717, 1.165) is 0 Å². The SMILES string of the molecule is CC(C)(O)COc1ccc2c(C(=O)NC3CCC(Oc4cc(OC(F)F)ccc4C(N)=O)CC3)cnn2c1. The van der Waals surface area contributed by atoms with Crippen LogP contribution in [0.5, 0.6) is 17.2 Å². The predicted molar refractivity (Wildman–Crippen MR) is 133 cm³/mol. The maximum absolute atomic E-state index is 13.0. The number of rotatable bonds is 10. The number of carbonyl (C=O) groups excluding carboxylic acids is 2. The Balaban J connectivity index is 1.34. The monoisotopic (exact) mass is 532 g/mol. The highest BCUT2D eigenvalue weighted by atomic mass is 19.3. The van der Waals surface area contributed by atoms with Crippen molar-refractivity contribution in [1.82, 2.24) is 14.9 Å². The lowest BCUT2D eigenvalue weighted by atomic mass is 9.92. The Labute approximate surface area is 217 Å². The van der Waals surface area contributed by atoms with Crippen LogP contribution in [-0.2, 0) is 0 Å². The lowest BCUT2D eigenvalue weighted by Gasteiger charge is -2.30. The van der Waals surface area contributed by atoms with Crippen LogP contribution in [0.4, 0.5) is 8.78 Å². The Morgan fingerprint density at radius 2 is 1.87 bits per heavy atom. The molecule has 0 radical (unpaired) electrons. The first-order chi connectivity index (χ1) is 18.0. The van der Waals surface area contributed by atoms with E-state index in [0.29, 0.717) is 42.5 Å². The molecular weight excluding hydrogens is 502 g/mol. The van der Waals surface area contributed by atoms with Crippen molar-refractivity contribution >= 4 is 17.3 Å². The molecule has 0 saturated heterocycles. The predicted octanol–water partition coefficient (Wildman–Crippen LogP) is 3.30. The molecular formula is C26H30F2N4O6. The zero-order valence-electron chi connectivity index (χ0n) is 21.0. The fourth-order valence-electron chi connectivity index (χ4n) is 4.23. The highest BCUT2D eigenvalue weighted by molar-refractivity contribution is 6.00. The van der Waals surface area contributed by atoms with Crippen molar-refractivity contribution in [3.8, 4) is 17.2 Å². The Bertz CT molecular complexity index is 1300. The number of amides is 2. The van der Waals surface area contributed by atoms with Crippen LogP contribution in [0.15, 0.2) is 42.7 Å². The molecule has 0 aliphatic heterocycles. The average molecular weight is 533 g/mol. The van der Waals surface area contributed by atoms with Gasteiger partial charge in [0.05, 0.1) is 40.7 Å². The molecule has 0 atom stereocenters. The number of aliphatic hydroxyl groups is 1. The summed E-state index contributed by atoms with van der Waals surface area (Å²) in [6.45, 7) is 0.383. The first kappa shape index (κ1) is 27.1. The summed E-state index contributed by atoms with van der Waals surface area (Å²) in [5.74, 6) is -0.541. The van der Waals surface area contributed by atoms with E-state index in [9.17, 15) is 23.5 Å². The zero-order valence-corrected chi connectivity index (χ0v) is 21.0. The van der Waals surface area contributed by atoms with Crippen molar-refractivity contribution in [3.05, 3.63) is 53.9 Å². The second-order valence-corrected chi connectivity index (χ2v) is 9.82. The Morgan fingerprint density at radius 1 is 1.16 bits per heavy atom. The van der Waals surface area contributed by atoms with Crippen LogP contribution in [0.3, 0.4) is 0 Å². The summed E-state index contributed by atoms with van der Waals surface area (Å²) >= 11 is 0. The fraction of sp³-hybridized carbons (Fsp3) is 0.423. The molecule has 1 fully saturated rings. The molecule has 12 heteroatoms. The maximum atomic E-state index is 13.0. The molecule has 0 unspecified atom stereocenters. The summed E-state index contributed by atoms with van der Waals surface area (Å²) < 4.78 is 42.6. The highest BCUT2D eigenvalue weighted by Crippen LogP contribution is 2.30. The lowest BCUT2D eigenvalue weighted by molar-refractivity contribution is -0.0500. The minimum Gasteiger partial charge on any atom is -0.489 e. The number of nitrogens with two attached hydrogens (primary N) is 1. The minimum atomic E-state index is -3.01. The van der Waals surface area contributed by atoms with Crippen LogP contribution in [-0.4, -0.2) is 57.5 Å². The number of halogens is 2. The third-order valence-corrected chi connectivity index (χ3v) is 6.07. The van der Waals surface area contributed by atoms with Gasteiger partial charge in [0.1, 0.15) is 23.9 Å². The molecule has 1 aliphatic rings. The van der Waals surface area contributed by atoms with Crippen LogP contribution in [0, 0.1) is 0 Å². The van der Waals surface area contributed by atoms with Crippen molar-refractivity contribution in [2.75, 3.05) is 6.61 Å². The molecule has 2 amide bonds. The van der Waals surface area contributed by atoms with Crippen molar-refractivity contribution < 1.29 is 37.7 Å². The molecule has 1 aromatic carbocycles. The van der Waals surface area contributed by atoms with Gasteiger partial charge in [-0.2, -0.15) is 13.9 Å². The summed E-state index contributed by atoms with van der Waals surface area (Å²) in [4.78, 5) is 24.7. The first-order valence-corrected chi connectivity index (χ1v) is 12.2. The number of hydrogen-bond donors (Lipinski definition) is 3. The van der Waals surface area contributed by atoms with E-state index in [-0.39, 0.29) is 41.7 Å². The molecule has 204 valence electrons. The topological polar surface area (TPSA) is 137 Å². The second kappa shape index (κ2) is 11.2. The van der Waals surface area contributed by atoms with Crippen molar-refractivity contribution in [2.24, 2.45) is 5.73 Å². The van der Waals surface area contributed by atoms with E-state index in [4.69, 9.17) is 15.2 Å². The van der Waals surface area contributed by atoms with Gasteiger partial charge in [-0.15, -0.1) is 0 Å². The smallest absolute Gasteiger partial charge is 0.387 e. The normalized spacial score (nSPS) is 17.8. The molecule has 4 rings (SSSR count). The number of pyridine rings is 1. The van der Waals surface area contributed by atoms with Crippen LogP contribution in [0.25, 0.3) is 5.52 Å². The summed E-state index contributed by atoms with van der Waals surface area (Å²) in [5, 5.41) is 17.1. The van der Waals surface area contributed by atoms with Gasteiger partial charge in [-0.3, -0.25) is 9.59 Å². The van der Waals surface area contributed by atoms with Gasteiger partial charge in [-0.25, -0.2) is 4.52 Å². The van der Waals surface area contributed by atoms with Gasteiger partial charge >= 0.3 is 6.61 Å². The van der Waals surface area contributed by atoms with Gasteiger partial charge in [0.25, 0.3) is 11.8 Å². The number of benzene rings is 1. The van der Waals surface area contributed by atoms with E-state index in [1.807, 2.05) is 0 Å². The first-order valence-electron chi connectivity index (χ1n) is 12.2. The molecule has 3 aromatic rings. The quantitative estimate of drug-likeness (QED) is 0.364.